The number of imide groups is 1. The highest BCUT2D eigenvalue weighted by molar-refractivity contribution is 6.42. The molecule has 2 aromatic rings. The van der Waals surface area contributed by atoms with E-state index in [4.69, 9.17) is 5.73 Å². The number of nitrogens with one attached hydrogen (secondary N) is 2. The average molecular weight is 419 g/mol. The highest BCUT2D eigenvalue weighted by atomic mass is 19.4. The van der Waals surface area contributed by atoms with Crippen LogP contribution < -0.4 is 16.4 Å². The summed E-state index contributed by atoms with van der Waals surface area (Å²) < 4.78 is 76.9. The molecule has 0 fully saturated rings. The van der Waals surface area contributed by atoms with Crippen LogP contribution in [0, 0.1) is 0 Å². The minimum atomic E-state index is -5.14. The third-order valence-electron chi connectivity index (χ3n) is 3.48. The zero-order chi connectivity index (χ0) is 22.0. The normalized spacial score (nSPS) is 11.7. The zero-order valence-electron chi connectivity index (χ0n) is 14.1. The highest BCUT2D eigenvalue weighted by Crippen LogP contribution is 2.37. The standard InChI is InChI=1S/C17H11F6N3O3/c18-16(19,20)8-5-9(17(21,22)23)7-10(6-8)25-14(28)15(29)26-13(27)11-3-1-2-4-12(11)24/h1-7H,24H2,(H,25,28)(H,26,27,29). The Kier molecular flexibility index (Phi) is 5.85. The topological polar surface area (TPSA) is 101 Å². The van der Waals surface area contributed by atoms with Crippen LogP contribution in [-0.4, -0.2) is 17.7 Å². The van der Waals surface area contributed by atoms with Crippen molar-refractivity contribution in [1.82, 2.24) is 5.32 Å². The number of carbonyl (C=O) groups excluding carboxylic acids is 3. The summed E-state index contributed by atoms with van der Waals surface area (Å²) in [5.41, 5.74) is 1.04. The van der Waals surface area contributed by atoms with Crippen molar-refractivity contribution in [3.63, 3.8) is 0 Å². The van der Waals surface area contributed by atoms with E-state index in [1.807, 2.05) is 0 Å². The molecular formula is C17H11F6N3O3. The summed E-state index contributed by atoms with van der Waals surface area (Å²) in [6.07, 6.45) is -10.3. The first-order chi connectivity index (χ1) is 13.3. The molecule has 0 radical (unpaired) electrons. The molecule has 2 rings (SSSR count). The van der Waals surface area contributed by atoms with Crippen LogP contribution >= 0.6 is 0 Å². The maximum atomic E-state index is 12.8. The quantitative estimate of drug-likeness (QED) is 0.395. The molecule has 12 heteroatoms. The molecule has 0 saturated carbocycles. The number of nitrogens with two attached hydrogens (primary N) is 1. The molecule has 0 aromatic heterocycles. The molecule has 3 amide bonds. The summed E-state index contributed by atoms with van der Waals surface area (Å²) in [6.45, 7) is 0. The van der Waals surface area contributed by atoms with Gasteiger partial charge in [0.25, 0.3) is 5.91 Å². The minimum absolute atomic E-state index is 0.0223. The second kappa shape index (κ2) is 7.81. The number of hydrogen-bond acceptors (Lipinski definition) is 4. The molecule has 2 aromatic carbocycles. The van der Waals surface area contributed by atoms with Crippen molar-refractivity contribution in [2.45, 2.75) is 12.4 Å². The summed E-state index contributed by atoms with van der Waals surface area (Å²) >= 11 is 0. The number of halogens is 6. The van der Waals surface area contributed by atoms with E-state index in [1.54, 1.807) is 10.6 Å². The number of hydrogen-bond donors (Lipinski definition) is 3. The molecule has 0 saturated heterocycles. The van der Waals surface area contributed by atoms with E-state index >= 15 is 0 Å². The average Bonchev–Trinajstić information content (AvgIpc) is 2.60. The van der Waals surface area contributed by atoms with Crippen LogP contribution in [0.15, 0.2) is 42.5 Å². The molecule has 0 aliphatic heterocycles. The van der Waals surface area contributed by atoms with Crippen LogP contribution in [0.5, 0.6) is 0 Å². The maximum Gasteiger partial charge on any atom is 0.416 e. The lowest BCUT2D eigenvalue weighted by molar-refractivity contribution is -0.143. The lowest BCUT2D eigenvalue weighted by atomic mass is 10.1. The molecule has 6 nitrogen and oxygen atoms in total. The fourth-order valence-electron chi connectivity index (χ4n) is 2.15. The van der Waals surface area contributed by atoms with Crippen LogP contribution in [0.3, 0.4) is 0 Å². The van der Waals surface area contributed by atoms with Gasteiger partial charge in [0, 0.05) is 11.4 Å². The summed E-state index contributed by atoms with van der Waals surface area (Å²) in [4.78, 5) is 35.5. The summed E-state index contributed by atoms with van der Waals surface area (Å²) in [5.74, 6) is -4.34. The van der Waals surface area contributed by atoms with Crippen molar-refractivity contribution in [2.75, 3.05) is 11.1 Å². The van der Waals surface area contributed by atoms with E-state index in [9.17, 15) is 40.7 Å². The number of alkyl halides is 6. The lowest BCUT2D eigenvalue weighted by Gasteiger charge is -2.14. The molecule has 0 atom stereocenters. The van der Waals surface area contributed by atoms with Gasteiger partial charge >= 0.3 is 24.2 Å². The zero-order valence-corrected chi connectivity index (χ0v) is 14.1. The van der Waals surface area contributed by atoms with Gasteiger partial charge in [-0.05, 0) is 30.3 Å². The van der Waals surface area contributed by atoms with E-state index in [1.165, 1.54) is 24.3 Å². The van der Waals surface area contributed by atoms with Gasteiger partial charge in [0.1, 0.15) is 0 Å². The minimum Gasteiger partial charge on any atom is -0.398 e. The van der Waals surface area contributed by atoms with Gasteiger partial charge in [0.15, 0.2) is 0 Å². The van der Waals surface area contributed by atoms with E-state index in [2.05, 4.69) is 0 Å². The molecule has 0 unspecified atom stereocenters. The third kappa shape index (κ3) is 5.46. The SMILES string of the molecule is Nc1ccccc1C(=O)NC(=O)C(=O)Nc1cc(C(F)(F)F)cc(C(F)(F)F)c1. The smallest absolute Gasteiger partial charge is 0.398 e. The van der Waals surface area contributed by atoms with Gasteiger partial charge in [-0.2, -0.15) is 26.3 Å². The Hall–Kier alpha value is -3.57. The van der Waals surface area contributed by atoms with Gasteiger partial charge in [-0.15, -0.1) is 0 Å². The predicted molar refractivity (Wildman–Crippen MR) is 88.4 cm³/mol. The van der Waals surface area contributed by atoms with Crippen LogP contribution in [0.4, 0.5) is 37.7 Å². The van der Waals surface area contributed by atoms with Crippen LogP contribution in [-0.2, 0) is 21.9 Å². The van der Waals surface area contributed by atoms with E-state index in [-0.39, 0.29) is 29.4 Å². The second-order valence-electron chi connectivity index (χ2n) is 5.62. The highest BCUT2D eigenvalue weighted by Gasteiger charge is 2.37. The molecule has 0 heterocycles. The Morgan fingerprint density at radius 2 is 1.31 bits per heavy atom. The van der Waals surface area contributed by atoms with E-state index < -0.39 is 46.9 Å². The Morgan fingerprint density at radius 3 is 1.79 bits per heavy atom. The van der Waals surface area contributed by atoms with Crippen molar-refractivity contribution < 1.29 is 40.7 Å². The Morgan fingerprint density at radius 1 is 0.793 bits per heavy atom. The first-order valence-corrected chi connectivity index (χ1v) is 7.59. The summed E-state index contributed by atoms with van der Waals surface area (Å²) in [6, 6.07) is 5.77. The second-order valence-corrected chi connectivity index (χ2v) is 5.62. The number of benzene rings is 2. The monoisotopic (exact) mass is 419 g/mol. The first kappa shape index (κ1) is 21.7. The molecular weight excluding hydrogens is 408 g/mol. The Labute approximate surface area is 158 Å². The fraction of sp³-hybridized carbons (Fsp3) is 0.118. The number of amides is 3. The van der Waals surface area contributed by atoms with E-state index in [0.29, 0.717) is 0 Å². The van der Waals surface area contributed by atoms with Crippen LogP contribution in [0.1, 0.15) is 21.5 Å². The molecule has 29 heavy (non-hydrogen) atoms. The predicted octanol–water partition coefficient (Wildman–Crippen LogP) is 3.20. The maximum absolute atomic E-state index is 12.8. The van der Waals surface area contributed by atoms with Crippen LogP contribution in [0.2, 0.25) is 0 Å². The van der Waals surface area contributed by atoms with E-state index in [0.717, 1.165) is 0 Å². The summed E-state index contributed by atoms with van der Waals surface area (Å²) in [7, 11) is 0. The largest absolute Gasteiger partial charge is 0.416 e. The van der Waals surface area contributed by atoms with Crippen LogP contribution in [0.25, 0.3) is 0 Å². The first-order valence-electron chi connectivity index (χ1n) is 7.59. The lowest BCUT2D eigenvalue weighted by Crippen LogP contribution is -2.39. The molecule has 0 aliphatic carbocycles. The third-order valence-corrected chi connectivity index (χ3v) is 3.48. The Balaban J connectivity index is 2.22. The molecule has 0 aliphatic rings. The van der Waals surface area contributed by atoms with Gasteiger partial charge < -0.3 is 11.1 Å². The van der Waals surface area contributed by atoms with Gasteiger partial charge in [0.05, 0.1) is 16.7 Å². The van der Waals surface area contributed by atoms with Crippen molar-refractivity contribution >= 4 is 29.1 Å². The number of rotatable bonds is 2. The van der Waals surface area contributed by atoms with Gasteiger partial charge in [-0.3, -0.25) is 19.7 Å². The molecule has 4 N–H and O–H groups in total. The number of para-hydroxylation sites is 1. The summed E-state index contributed by atoms with van der Waals surface area (Å²) in [5, 5.41) is 3.24. The van der Waals surface area contributed by atoms with Gasteiger partial charge in [0.2, 0.25) is 0 Å². The van der Waals surface area contributed by atoms with Gasteiger partial charge in [-0.25, -0.2) is 0 Å². The molecule has 154 valence electrons. The van der Waals surface area contributed by atoms with Crippen molar-refractivity contribution in [3.05, 3.63) is 59.2 Å². The molecule has 0 bridgehead atoms. The van der Waals surface area contributed by atoms with Crippen molar-refractivity contribution in [1.29, 1.82) is 0 Å². The molecule has 0 spiro atoms. The fourth-order valence-corrected chi connectivity index (χ4v) is 2.15. The number of nitrogen functional groups attached to an aromatic ring is 1. The van der Waals surface area contributed by atoms with Crippen molar-refractivity contribution in [3.8, 4) is 0 Å². The number of anilines is 2. The Bertz CT molecular complexity index is 937. The number of carbonyl (C=O) groups is 3. The van der Waals surface area contributed by atoms with Gasteiger partial charge in [-0.1, -0.05) is 12.1 Å². The van der Waals surface area contributed by atoms with Crippen molar-refractivity contribution in [2.24, 2.45) is 0 Å².